The Balaban J connectivity index is 1.83. The number of benzene rings is 2. The van der Waals surface area contributed by atoms with Gasteiger partial charge in [0.2, 0.25) is 0 Å². The summed E-state index contributed by atoms with van der Waals surface area (Å²) in [7, 11) is 1.27. The first-order valence-corrected chi connectivity index (χ1v) is 9.18. The third kappa shape index (κ3) is 3.22. The summed E-state index contributed by atoms with van der Waals surface area (Å²) in [6.45, 7) is 4.23. The van der Waals surface area contributed by atoms with Crippen molar-refractivity contribution < 1.29 is 23.1 Å². The van der Waals surface area contributed by atoms with Crippen LogP contribution in [-0.4, -0.2) is 19.8 Å². The van der Waals surface area contributed by atoms with Crippen LogP contribution < -0.4 is 15.3 Å². The van der Waals surface area contributed by atoms with Crippen molar-refractivity contribution in [1.29, 1.82) is 0 Å². The number of methoxy groups -OCH3 is 1. The number of aryl methyl sites for hydroxylation is 2. The fourth-order valence-electron chi connectivity index (χ4n) is 3.73. The molecule has 7 heteroatoms. The highest BCUT2D eigenvalue weighted by Gasteiger charge is 2.25. The molecule has 0 N–H and O–H groups in total. The van der Waals surface area contributed by atoms with E-state index in [0.29, 0.717) is 34.7 Å². The minimum absolute atomic E-state index is 0.158. The first kappa shape index (κ1) is 19.0. The second-order valence-electron chi connectivity index (χ2n) is 7.04. The number of hydrogen-bond acceptors (Lipinski definition) is 6. The summed E-state index contributed by atoms with van der Waals surface area (Å²) >= 11 is 0. The molecule has 6 nitrogen and oxygen atoms in total. The Kier molecular flexibility index (Phi) is 4.74. The molecule has 0 unspecified atom stereocenters. The zero-order chi connectivity index (χ0) is 20.7. The number of carbonyl (C=O) groups excluding carboxylic acids is 1. The van der Waals surface area contributed by atoms with E-state index in [1.54, 1.807) is 30.0 Å². The monoisotopic (exact) mass is 397 g/mol. The molecule has 0 amide bonds. The molecule has 0 fully saturated rings. The minimum atomic E-state index is -0.563. The molecule has 0 radical (unpaired) electrons. The van der Waals surface area contributed by atoms with E-state index in [1.807, 2.05) is 13.0 Å². The molecule has 1 aliphatic heterocycles. The van der Waals surface area contributed by atoms with E-state index in [9.17, 15) is 14.0 Å². The molecule has 0 saturated carbocycles. The molecule has 0 atom stereocenters. The highest BCUT2D eigenvalue weighted by atomic mass is 19.1. The van der Waals surface area contributed by atoms with Gasteiger partial charge in [0.25, 0.3) is 0 Å². The third-order valence-corrected chi connectivity index (χ3v) is 5.30. The number of carbonyl (C=O) groups is 1. The van der Waals surface area contributed by atoms with Crippen LogP contribution in [0.15, 0.2) is 39.5 Å². The Morgan fingerprint density at radius 3 is 2.72 bits per heavy atom. The maximum atomic E-state index is 14.2. The summed E-state index contributed by atoms with van der Waals surface area (Å²) in [5, 5.41) is 0.721. The highest BCUT2D eigenvalue weighted by Crippen LogP contribution is 2.37. The van der Waals surface area contributed by atoms with Crippen LogP contribution in [0.4, 0.5) is 10.1 Å². The zero-order valence-electron chi connectivity index (χ0n) is 16.4. The summed E-state index contributed by atoms with van der Waals surface area (Å²) in [5.41, 5.74) is 2.81. The molecule has 29 heavy (non-hydrogen) atoms. The van der Waals surface area contributed by atoms with Gasteiger partial charge in [-0.25, -0.2) is 9.18 Å². The Hall–Kier alpha value is -3.35. The molecule has 0 aliphatic carbocycles. The van der Waals surface area contributed by atoms with Crippen molar-refractivity contribution in [3.05, 3.63) is 68.8 Å². The summed E-state index contributed by atoms with van der Waals surface area (Å²) in [6.07, 6.45) is -0.158. The number of fused-ring (bicyclic) bond motifs is 2. The largest absolute Gasteiger partial charge is 0.472 e. The number of para-hydroxylation sites is 1. The fourth-order valence-corrected chi connectivity index (χ4v) is 3.73. The van der Waals surface area contributed by atoms with E-state index in [1.165, 1.54) is 13.2 Å². The normalized spacial score (nSPS) is 13.2. The van der Waals surface area contributed by atoms with Crippen molar-refractivity contribution in [3.8, 4) is 5.75 Å². The van der Waals surface area contributed by atoms with Crippen LogP contribution in [0.2, 0.25) is 0 Å². The number of rotatable bonds is 3. The summed E-state index contributed by atoms with van der Waals surface area (Å²) in [4.78, 5) is 25.9. The number of esters is 1. The lowest BCUT2D eigenvalue weighted by Gasteiger charge is -2.32. The van der Waals surface area contributed by atoms with Crippen molar-refractivity contribution >= 4 is 22.6 Å². The zero-order valence-corrected chi connectivity index (χ0v) is 16.4. The number of nitrogens with zero attached hydrogens (tertiary/aromatic N) is 1. The van der Waals surface area contributed by atoms with Crippen molar-refractivity contribution in [2.24, 2.45) is 0 Å². The molecular weight excluding hydrogens is 377 g/mol. The average molecular weight is 397 g/mol. The Morgan fingerprint density at radius 1 is 1.24 bits per heavy atom. The van der Waals surface area contributed by atoms with E-state index in [-0.39, 0.29) is 24.5 Å². The van der Waals surface area contributed by atoms with Crippen molar-refractivity contribution in [3.63, 3.8) is 0 Å². The second kappa shape index (κ2) is 7.24. The summed E-state index contributed by atoms with van der Waals surface area (Å²) in [5.74, 6) is -0.198. The summed E-state index contributed by atoms with van der Waals surface area (Å²) < 4.78 is 30.3. The van der Waals surface area contributed by atoms with Crippen LogP contribution in [0.3, 0.4) is 0 Å². The molecule has 2 aromatic carbocycles. The molecule has 2 heterocycles. The molecule has 4 rings (SSSR count). The van der Waals surface area contributed by atoms with E-state index in [4.69, 9.17) is 9.15 Å². The lowest BCUT2D eigenvalue weighted by Crippen LogP contribution is -2.33. The fraction of sp³-hybridized carbons (Fsp3) is 0.273. The van der Waals surface area contributed by atoms with Gasteiger partial charge < -0.3 is 18.8 Å². The predicted molar refractivity (Wildman–Crippen MR) is 106 cm³/mol. The Labute approximate surface area is 166 Å². The average Bonchev–Trinajstić information content (AvgIpc) is 2.72. The van der Waals surface area contributed by atoms with Gasteiger partial charge in [-0.3, -0.25) is 4.79 Å². The highest BCUT2D eigenvalue weighted by molar-refractivity contribution is 5.88. The van der Waals surface area contributed by atoms with Crippen LogP contribution >= 0.6 is 0 Å². The molecule has 0 bridgehead atoms. The van der Waals surface area contributed by atoms with Gasteiger partial charge in [-0.1, -0.05) is 12.1 Å². The van der Waals surface area contributed by atoms with E-state index in [2.05, 4.69) is 4.74 Å². The number of anilines is 1. The first-order chi connectivity index (χ1) is 13.9. The van der Waals surface area contributed by atoms with Crippen molar-refractivity contribution in [1.82, 2.24) is 0 Å². The van der Waals surface area contributed by atoms with Crippen molar-refractivity contribution in [2.75, 3.05) is 18.7 Å². The quantitative estimate of drug-likeness (QED) is 0.497. The molecule has 150 valence electrons. The number of hydrogen-bond donors (Lipinski definition) is 0. The molecule has 0 saturated heterocycles. The van der Waals surface area contributed by atoms with E-state index in [0.717, 1.165) is 10.9 Å². The maximum Gasteiger partial charge on any atom is 0.340 e. The predicted octanol–water partition coefficient (Wildman–Crippen LogP) is 3.62. The van der Waals surface area contributed by atoms with Gasteiger partial charge in [0.05, 0.1) is 24.8 Å². The first-order valence-electron chi connectivity index (χ1n) is 9.18. The Morgan fingerprint density at radius 2 is 2.00 bits per heavy atom. The molecule has 0 spiro atoms. The van der Waals surface area contributed by atoms with E-state index < -0.39 is 11.6 Å². The van der Waals surface area contributed by atoms with Gasteiger partial charge in [0.15, 0.2) is 6.73 Å². The smallest absolute Gasteiger partial charge is 0.340 e. The van der Waals surface area contributed by atoms with Crippen LogP contribution in [0, 0.1) is 19.7 Å². The van der Waals surface area contributed by atoms with Gasteiger partial charge in [0.1, 0.15) is 17.1 Å². The molecule has 1 aromatic heterocycles. The van der Waals surface area contributed by atoms with Gasteiger partial charge in [0, 0.05) is 23.1 Å². The maximum absolute atomic E-state index is 14.2. The molecule has 3 aromatic rings. The van der Waals surface area contributed by atoms with Gasteiger partial charge in [-0.05, 0) is 37.6 Å². The standard InChI is InChI=1S/C22H20FNO5/c1-12-15-8-14-10-24(18-7-5-4-6-17(18)23)11-28-20(14)13(2)21(15)29-22(26)16(12)9-19(25)27-3/h4-8H,9-11H2,1-3H3. The minimum Gasteiger partial charge on any atom is -0.472 e. The molecular formula is C22H20FNO5. The SMILES string of the molecule is COC(=O)Cc1c(C)c2cc3c(c(C)c2oc1=O)OCN(c1ccccc1F)C3. The number of halogens is 1. The van der Waals surface area contributed by atoms with E-state index >= 15 is 0 Å². The van der Waals surface area contributed by atoms with Crippen LogP contribution in [0.1, 0.15) is 22.3 Å². The van der Waals surface area contributed by atoms with Crippen LogP contribution in [0.25, 0.3) is 11.0 Å². The van der Waals surface area contributed by atoms with Gasteiger partial charge in [-0.2, -0.15) is 0 Å². The Bertz CT molecular complexity index is 1180. The third-order valence-electron chi connectivity index (χ3n) is 5.30. The summed E-state index contributed by atoms with van der Waals surface area (Å²) in [6, 6.07) is 8.41. The topological polar surface area (TPSA) is 69.0 Å². The lowest BCUT2D eigenvalue weighted by atomic mass is 9.97. The van der Waals surface area contributed by atoms with Crippen molar-refractivity contribution in [2.45, 2.75) is 26.8 Å². The lowest BCUT2D eigenvalue weighted by molar-refractivity contribution is -0.139. The van der Waals surface area contributed by atoms with Gasteiger partial charge >= 0.3 is 11.6 Å². The molecule has 1 aliphatic rings. The van der Waals surface area contributed by atoms with Gasteiger partial charge in [-0.15, -0.1) is 0 Å². The second-order valence-corrected chi connectivity index (χ2v) is 7.04. The number of ether oxygens (including phenoxy) is 2. The van der Waals surface area contributed by atoms with Crippen LogP contribution in [-0.2, 0) is 22.5 Å². The van der Waals surface area contributed by atoms with Crippen LogP contribution in [0.5, 0.6) is 5.75 Å².